The van der Waals surface area contributed by atoms with Crippen LogP contribution in [-0.2, 0) is 30.8 Å². The van der Waals surface area contributed by atoms with Gasteiger partial charge in [0.05, 0.1) is 12.6 Å². The number of nitrogens with zero attached hydrogens (tertiary/aromatic N) is 3. The first-order valence-electron chi connectivity index (χ1n) is 10.5. The molecular formula is C22H22N4O7S. The molecule has 178 valence electrons. The average molecular weight is 487 g/mol. The summed E-state index contributed by atoms with van der Waals surface area (Å²) in [6.07, 6.45) is 1.42. The summed E-state index contributed by atoms with van der Waals surface area (Å²) in [7, 11) is -4.72. The molecule has 2 aliphatic rings. The number of sulfonamides is 1. The second kappa shape index (κ2) is 8.61. The molecular weight excluding hydrogens is 464 g/mol. The number of aromatic nitrogens is 1. The van der Waals surface area contributed by atoms with Crippen molar-refractivity contribution in [1.82, 2.24) is 14.2 Å². The number of aromatic hydroxyl groups is 1. The Labute approximate surface area is 195 Å². The van der Waals surface area contributed by atoms with Crippen molar-refractivity contribution >= 4 is 32.7 Å². The minimum absolute atomic E-state index is 0.0334. The van der Waals surface area contributed by atoms with Crippen LogP contribution in [0.15, 0.2) is 48.7 Å². The maximum atomic E-state index is 13.1. The molecule has 2 fully saturated rings. The molecule has 2 atom stereocenters. The highest BCUT2D eigenvalue weighted by atomic mass is 32.2. The van der Waals surface area contributed by atoms with E-state index in [-0.39, 0.29) is 37.3 Å². The zero-order chi connectivity index (χ0) is 24.7. The number of pyridine rings is 1. The molecule has 1 aromatic heterocycles. The molecule has 0 aliphatic carbocycles. The fourth-order valence-electron chi connectivity index (χ4n) is 4.66. The summed E-state index contributed by atoms with van der Waals surface area (Å²) in [4.78, 5) is 56.3. The summed E-state index contributed by atoms with van der Waals surface area (Å²) < 4.78 is 26.9. The molecule has 0 spiro atoms. The Morgan fingerprint density at radius 2 is 1.85 bits per heavy atom. The van der Waals surface area contributed by atoms with Crippen molar-refractivity contribution in [3.05, 3.63) is 59.9 Å². The molecule has 2 unspecified atom stereocenters. The number of carbonyl (C=O) groups excluding carboxylic acids is 4. The first-order chi connectivity index (χ1) is 16.1. The number of rotatable bonds is 6. The zero-order valence-corrected chi connectivity index (χ0v) is 18.8. The smallest absolute Gasteiger partial charge is 0.310 e. The lowest BCUT2D eigenvalue weighted by atomic mass is 9.89. The number of likely N-dealkylation sites (tertiary alicyclic amines) is 1. The maximum Gasteiger partial charge on any atom is 0.310 e. The second-order valence-electron chi connectivity index (χ2n) is 8.12. The van der Waals surface area contributed by atoms with Gasteiger partial charge in [-0.15, -0.1) is 0 Å². The lowest BCUT2D eigenvalue weighted by molar-refractivity contribution is -0.149. The molecule has 2 amide bonds. The molecule has 3 heterocycles. The third kappa shape index (κ3) is 3.64. The van der Waals surface area contributed by atoms with E-state index in [4.69, 9.17) is 5.73 Å². The van der Waals surface area contributed by atoms with Crippen molar-refractivity contribution in [3.63, 3.8) is 0 Å². The summed E-state index contributed by atoms with van der Waals surface area (Å²) in [5.41, 5.74) is 3.85. The van der Waals surface area contributed by atoms with Gasteiger partial charge in [-0.05, 0) is 42.7 Å². The maximum absolute atomic E-state index is 13.1. The normalized spacial score (nSPS) is 22.5. The SMILES string of the molecule is NC(=O)C12C(=O)CN(S(=O)(=O)C(=O)c3ccccn3)C1CCN2C(=O)CCc1ccc(O)cc1. The topological polar surface area (TPSA) is 168 Å². The van der Waals surface area contributed by atoms with E-state index in [1.54, 1.807) is 12.1 Å². The largest absolute Gasteiger partial charge is 0.508 e. The van der Waals surface area contributed by atoms with E-state index in [1.807, 2.05) is 0 Å². The van der Waals surface area contributed by atoms with Gasteiger partial charge in [-0.1, -0.05) is 18.2 Å². The fraction of sp³-hybridized carbons (Fsp3) is 0.318. The number of phenolic OH excluding ortho intramolecular Hbond substituents is 1. The average Bonchev–Trinajstić information content (AvgIpc) is 3.36. The zero-order valence-electron chi connectivity index (χ0n) is 18.0. The highest BCUT2D eigenvalue weighted by Gasteiger charge is 2.68. The first kappa shape index (κ1) is 23.5. The van der Waals surface area contributed by atoms with Crippen LogP contribution in [0.3, 0.4) is 0 Å². The van der Waals surface area contributed by atoms with Gasteiger partial charge in [0.2, 0.25) is 5.91 Å². The third-order valence-corrected chi connectivity index (χ3v) is 7.94. The minimum atomic E-state index is -4.72. The van der Waals surface area contributed by atoms with Crippen molar-refractivity contribution in [1.29, 1.82) is 0 Å². The second-order valence-corrected chi connectivity index (χ2v) is 9.91. The number of fused-ring (bicyclic) bond motifs is 1. The Hall–Kier alpha value is -3.64. The predicted molar refractivity (Wildman–Crippen MR) is 118 cm³/mol. The van der Waals surface area contributed by atoms with E-state index in [0.29, 0.717) is 4.31 Å². The van der Waals surface area contributed by atoms with Crippen molar-refractivity contribution in [3.8, 4) is 5.75 Å². The van der Waals surface area contributed by atoms with Crippen LogP contribution in [0.4, 0.5) is 0 Å². The number of phenols is 1. The van der Waals surface area contributed by atoms with Crippen molar-refractivity contribution in [2.45, 2.75) is 30.8 Å². The highest BCUT2D eigenvalue weighted by molar-refractivity contribution is 8.04. The van der Waals surface area contributed by atoms with Gasteiger partial charge in [0.15, 0.2) is 11.3 Å². The molecule has 0 saturated carbocycles. The molecule has 2 saturated heterocycles. The number of hydrogen-bond donors (Lipinski definition) is 2. The van der Waals surface area contributed by atoms with Gasteiger partial charge in [0, 0.05) is 19.2 Å². The van der Waals surface area contributed by atoms with Crippen molar-refractivity contribution in [2.24, 2.45) is 5.73 Å². The molecule has 3 N–H and O–H groups in total. The lowest BCUT2D eigenvalue weighted by Gasteiger charge is -2.34. The lowest BCUT2D eigenvalue weighted by Crippen LogP contribution is -2.64. The van der Waals surface area contributed by atoms with E-state index >= 15 is 0 Å². The van der Waals surface area contributed by atoms with E-state index in [2.05, 4.69) is 4.98 Å². The summed E-state index contributed by atoms with van der Waals surface area (Å²) in [5.74, 6) is -2.46. The monoisotopic (exact) mass is 486 g/mol. The number of ketones is 1. The summed E-state index contributed by atoms with van der Waals surface area (Å²) in [6.45, 7) is -0.826. The number of benzene rings is 1. The number of hydrogen-bond acceptors (Lipinski definition) is 8. The Kier molecular flexibility index (Phi) is 5.96. The first-order valence-corrected chi connectivity index (χ1v) is 11.9. The van der Waals surface area contributed by atoms with Crippen molar-refractivity contribution < 1.29 is 32.7 Å². The minimum Gasteiger partial charge on any atom is -0.508 e. The number of nitrogens with two attached hydrogens (primary N) is 1. The molecule has 11 nitrogen and oxygen atoms in total. The number of amides is 2. The van der Waals surface area contributed by atoms with Crippen LogP contribution < -0.4 is 5.73 Å². The number of Topliss-reactive ketones (excluding diaryl/α,β-unsaturated/α-hetero) is 1. The number of primary amides is 1. The van der Waals surface area contributed by atoms with Gasteiger partial charge in [-0.25, -0.2) is 8.42 Å². The molecule has 1 aromatic carbocycles. The molecule has 2 aromatic rings. The Bertz CT molecular complexity index is 1260. The van der Waals surface area contributed by atoms with Crippen LogP contribution in [0, 0.1) is 0 Å². The Morgan fingerprint density at radius 3 is 2.47 bits per heavy atom. The molecule has 4 rings (SSSR count). The number of carbonyl (C=O) groups is 4. The Morgan fingerprint density at radius 1 is 1.15 bits per heavy atom. The van der Waals surface area contributed by atoms with Crippen LogP contribution in [-0.4, -0.2) is 75.1 Å². The highest BCUT2D eigenvalue weighted by Crippen LogP contribution is 2.41. The fourth-order valence-corrected chi connectivity index (χ4v) is 6.14. The van der Waals surface area contributed by atoms with Gasteiger partial charge < -0.3 is 15.7 Å². The standard InChI is InChI=1S/C22H22N4O7S/c23-21(31)22-17(10-12-25(22)19(29)9-6-14-4-7-15(27)8-5-14)26(13-18(22)28)34(32,33)20(30)16-3-1-2-11-24-16/h1-5,7-8,11,17,27H,6,9-10,12-13H2,(H2,23,31). The van der Waals surface area contributed by atoms with Crippen LogP contribution in [0.25, 0.3) is 0 Å². The third-order valence-electron chi connectivity index (χ3n) is 6.26. The summed E-state index contributed by atoms with van der Waals surface area (Å²) in [5, 5.41) is 8.08. The van der Waals surface area contributed by atoms with E-state index in [1.165, 1.54) is 36.5 Å². The predicted octanol–water partition coefficient (Wildman–Crippen LogP) is -0.400. The quantitative estimate of drug-likeness (QED) is 0.520. The van der Waals surface area contributed by atoms with Gasteiger partial charge >= 0.3 is 5.12 Å². The molecule has 2 aliphatic heterocycles. The van der Waals surface area contributed by atoms with E-state index in [9.17, 15) is 32.7 Å². The summed E-state index contributed by atoms with van der Waals surface area (Å²) >= 11 is 0. The van der Waals surface area contributed by atoms with Gasteiger partial charge in [-0.2, -0.15) is 4.31 Å². The summed E-state index contributed by atoms with van der Waals surface area (Å²) in [6, 6.07) is 9.12. The van der Waals surface area contributed by atoms with Gasteiger partial charge in [0.25, 0.3) is 15.9 Å². The van der Waals surface area contributed by atoms with Crippen LogP contribution in [0.5, 0.6) is 5.75 Å². The Balaban J connectivity index is 1.61. The molecule has 12 heteroatoms. The molecule has 34 heavy (non-hydrogen) atoms. The molecule has 0 radical (unpaired) electrons. The van der Waals surface area contributed by atoms with Crippen molar-refractivity contribution in [2.75, 3.05) is 13.1 Å². The molecule has 0 bridgehead atoms. The van der Waals surface area contributed by atoms with E-state index < -0.39 is 50.9 Å². The van der Waals surface area contributed by atoms with Crippen LogP contribution in [0.1, 0.15) is 28.9 Å². The number of aryl methyl sites for hydroxylation is 1. The van der Waals surface area contributed by atoms with Gasteiger partial charge in [0.1, 0.15) is 11.4 Å². The van der Waals surface area contributed by atoms with Crippen LogP contribution >= 0.6 is 0 Å². The van der Waals surface area contributed by atoms with Crippen LogP contribution in [0.2, 0.25) is 0 Å². The van der Waals surface area contributed by atoms with E-state index in [0.717, 1.165) is 10.5 Å². The van der Waals surface area contributed by atoms with Gasteiger partial charge in [-0.3, -0.25) is 24.2 Å².